The van der Waals surface area contributed by atoms with E-state index in [1.54, 1.807) is 30.3 Å². The molecule has 0 atom stereocenters. The fraction of sp³-hybridized carbons (Fsp3) is 0.0769. The SMILES string of the molecule is N#CC1=CN=C2C(=Cc3ccccc3S2(=O)=O)C1. The standard InChI is InChI=1S/C13H8N2O2S/c14-7-9-5-11-6-10-3-1-2-4-12(10)18(16,17)13(11)15-8-9/h1-4,6,8H,5H2. The van der Waals surface area contributed by atoms with Gasteiger partial charge in [0.15, 0.2) is 5.04 Å². The molecule has 1 aromatic rings. The predicted molar refractivity (Wildman–Crippen MR) is 67.4 cm³/mol. The summed E-state index contributed by atoms with van der Waals surface area (Å²) in [5, 5.41) is 8.91. The van der Waals surface area contributed by atoms with Crippen molar-refractivity contribution in [3.8, 4) is 6.07 Å². The Morgan fingerprint density at radius 2 is 2.06 bits per heavy atom. The molecule has 0 aliphatic carbocycles. The van der Waals surface area contributed by atoms with E-state index in [1.165, 1.54) is 6.20 Å². The smallest absolute Gasteiger partial charge is 0.224 e. The molecule has 0 saturated heterocycles. The summed E-state index contributed by atoms with van der Waals surface area (Å²) in [5.74, 6) is 0. The summed E-state index contributed by atoms with van der Waals surface area (Å²) in [6.07, 6.45) is 3.45. The maximum absolute atomic E-state index is 12.3. The molecule has 1 aromatic carbocycles. The topological polar surface area (TPSA) is 70.3 Å². The molecule has 88 valence electrons. The summed E-state index contributed by atoms with van der Waals surface area (Å²) in [6.45, 7) is 0. The van der Waals surface area contributed by atoms with E-state index in [0.717, 1.165) is 0 Å². The maximum Gasteiger partial charge on any atom is 0.224 e. The summed E-state index contributed by atoms with van der Waals surface area (Å²) in [7, 11) is -3.55. The molecule has 18 heavy (non-hydrogen) atoms. The number of benzene rings is 1. The van der Waals surface area contributed by atoms with Gasteiger partial charge in [-0.15, -0.1) is 0 Å². The molecule has 0 spiro atoms. The van der Waals surface area contributed by atoms with Gasteiger partial charge in [0, 0.05) is 12.6 Å². The lowest BCUT2D eigenvalue weighted by molar-refractivity contribution is 0.606. The van der Waals surface area contributed by atoms with Crippen molar-refractivity contribution in [2.45, 2.75) is 11.3 Å². The van der Waals surface area contributed by atoms with Crippen LogP contribution in [0.3, 0.4) is 0 Å². The molecule has 0 aromatic heterocycles. The van der Waals surface area contributed by atoms with Crippen LogP contribution in [0.4, 0.5) is 0 Å². The molecule has 4 nitrogen and oxygen atoms in total. The van der Waals surface area contributed by atoms with E-state index in [1.807, 2.05) is 6.07 Å². The normalized spacial score (nSPS) is 19.6. The summed E-state index contributed by atoms with van der Waals surface area (Å²) in [5.41, 5.74) is 1.72. The zero-order valence-electron chi connectivity index (χ0n) is 9.29. The van der Waals surface area contributed by atoms with Crippen molar-refractivity contribution in [1.29, 1.82) is 5.26 Å². The Balaban J connectivity index is 2.30. The summed E-state index contributed by atoms with van der Waals surface area (Å²) < 4.78 is 24.7. The van der Waals surface area contributed by atoms with Crippen LogP contribution in [0.1, 0.15) is 12.0 Å². The van der Waals surface area contributed by atoms with Crippen LogP contribution in [0.25, 0.3) is 6.08 Å². The van der Waals surface area contributed by atoms with Gasteiger partial charge in [0.2, 0.25) is 9.84 Å². The Labute approximate surface area is 105 Å². The Morgan fingerprint density at radius 3 is 2.83 bits per heavy atom. The molecular weight excluding hydrogens is 248 g/mol. The van der Waals surface area contributed by atoms with Gasteiger partial charge in [-0.1, -0.05) is 18.2 Å². The molecule has 2 aliphatic rings. The number of nitriles is 1. The molecule has 2 heterocycles. The van der Waals surface area contributed by atoms with Gasteiger partial charge >= 0.3 is 0 Å². The summed E-state index contributed by atoms with van der Waals surface area (Å²) in [6, 6.07) is 8.81. The van der Waals surface area contributed by atoms with E-state index in [-0.39, 0.29) is 9.94 Å². The van der Waals surface area contributed by atoms with Crippen LogP contribution >= 0.6 is 0 Å². The number of sulfone groups is 1. The van der Waals surface area contributed by atoms with Gasteiger partial charge in [0.1, 0.15) is 0 Å². The van der Waals surface area contributed by atoms with Crippen molar-refractivity contribution in [2.75, 3.05) is 0 Å². The van der Waals surface area contributed by atoms with Crippen molar-refractivity contribution in [3.63, 3.8) is 0 Å². The lowest BCUT2D eigenvalue weighted by Crippen LogP contribution is -2.23. The Morgan fingerprint density at radius 1 is 1.28 bits per heavy atom. The van der Waals surface area contributed by atoms with Gasteiger partial charge in [-0.2, -0.15) is 5.26 Å². The van der Waals surface area contributed by atoms with Crippen molar-refractivity contribution in [2.24, 2.45) is 4.99 Å². The number of hydrogen-bond acceptors (Lipinski definition) is 4. The van der Waals surface area contributed by atoms with Crippen molar-refractivity contribution < 1.29 is 8.42 Å². The Bertz CT molecular complexity index is 777. The molecule has 3 rings (SSSR count). The second-order valence-corrected chi connectivity index (χ2v) is 5.92. The van der Waals surface area contributed by atoms with Crippen molar-refractivity contribution in [3.05, 3.63) is 47.2 Å². The van der Waals surface area contributed by atoms with Crippen LogP contribution in [0.2, 0.25) is 0 Å². The molecule has 0 unspecified atom stereocenters. The Hall–Kier alpha value is -2.19. The first-order valence-electron chi connectivity index (χ1n) is 5.35. The maximum atomic E-state index is 12.3. The van der Waals surface area contributed by atoms with E-state index in [4.69, 9.17) is 5.26 Å². The molecule has 0 bridgehead atoms. The monoisotopic (exact) mass is 256 g/mol. The lowest BCUT2D eigenvalue weighted by atomic mass is 10.0. The highest BCUT2D eigenvalue weighted by Crippen LogP contribution is 2.33. The van der Waals surface area contributed by atoms with Gasteiger partial charge in [0.05, 0.1) is 16.5 Å². The number of fused-ring (bicyclic) bond motifs is 2. The quantitative estimate of drug-likeness (QED) is 0.713. The molecular formula is C13H8N2O2S. The average molecular weight is 256 g/mol. The van der Waals surface area contributed by atoms with Crippen LogP contribution < -0.4 is 0 Å². The molecule has 0 amide bonds. The number of allylic oxidation sites excluding steroid dienone is 1. The van der Waals surface area contributed by atoms with E-state index >= 15 is 0 Å². The minimum atomic E-state index is -3.55. The number of hydrogen-bond donors (Lipinski definition) is 0. The number of aliphatic imine (C=N–C) groups is 1. The third-order valence-corrected chi connectivity index (χ3v) is 4.76. The third-order valence-electron chi connectivity index (χ3n) is 2.93. The van der Waals surface area contributed by atoms with Crippen molar-refractivity contribution in [1.82, 2.24) is 0 Å². The fourth-order valence-corrected chi connectivity index (χ4v) is 3.68. The van der Waals surface area contributed by atoms with Gasteiger partial charge in [-0.3, -0.25) is 0 Å². The highest BCUT2D eigenvalue weighted by atomic mass is 32.2. The minimum Gasteiger partial charge on any atom is -0.243 e. The first-order chi connectivity index (χ1) is 8.63. The fourth-order valence-electron chi connectivity index (χ4n) is 2.11. The van der Waals surface area contributed by atoms with Crippen LogP contribution in [0.15, 0.2) is 51.5 Å². The third kappa shape index (κ3) is 1.43. The van der Waals surface area contributed by atoms with Gasteiger partial charge in [-0.05, 0) is 23.3 Å². The average Bonchev–Trinajstić information content (AvgIpc) is 2.38. The molecule has 0 N–H and O–H groups in total. The second-order valence-electron chi connectivity index (χ2n) is 4.09. The van der Waals surface area contributed by atoms with E-state index in [0.29, 0.717) is 23.1 Å². The predicted octanol–water partition coefficient (Wildman–Crippen LogP) is 2.07. The number of nitrogens with zero attached hydrogens (tertiary/aromatic N) is 2. The molecule has 0 radical (unpaired) electrons. The van der Waals surface area contributed by atoms with E-state index in [9.17, 15) is 8.42 Å². The Kier molecular flexibility index (Phi) is 2.22. The molecule has 0 fully saturated rings. The zero-order chi connectivity index (χ0) is 12.8. The van der Waals surface area contributed by atoms with Crippen LogP contribution in [-0.4, -0.2) is 13.5 Å². The molecule has 0 saturated carbocycles. The number of rotatable bonds is 0. The van der Waals surface area contributed by atoms with Crippen LogP contribution in [0, 0.1) is 11.3 Å². The van der Waals surface area contributed by atoms with Crippen LogP contribution in [-0.2, 0) is 9.84 Å². The molecule has 2 aliphatic heterocycles. The minimum absolute atomic E-state index is 0.0696. The first kappa shape index (κ1) is 10.9. The van der Waals surface area contributed by atoms with Crippen molar-refractivity contribution >= 4 is 21.0 Å². The highest BCUT2D eigenvalue weighted by molar-refractivity contribution is 8.07. The zero-order valence-corrected chi connectivity index (χ0v) is 10.1. The highest BCUT2D eigenvalue weighted by Gasteiger charge is 2.33. The van der Waals surface area contributed by atoms with Crippen LogP contribution in [0.5, 0.6) is 0 Å². The van der Waals surface area contributed by atoms with Gasteiger partial charge in [0.25, 0.3) is 0 Å². The van der Waals surface area contributed by atoms with Gasteiger partial charge in [-0.25, -0.2) is 13.4 Å². The molecule has 5 heteroatoms. The van der Waals surface area contributed by atoms with Gasteiger partial charge < -0.3 is 0 Å². The second kappa shape index (κ2) is 3.65. The summed E-state index contributed by atoms with van der Waals surface area (Å²) in [4.78, 5) is 4.21. The first-order valence-corrected chi connectivity index (χ1v) is 6.83. The van der Waals surface area contributed by atoms with E-state index in [2.05, 4.69) is 4.99 Å². The lowest BCUT2D eigenvalue weighted by Gasteiger charge is -2.20. The summed E-state index contributed by atoms with van der Waals surface area (Å²) >= 11 is 0. The van der Waals surface area contributed by atoms with E-state index < -0.39 is 9.84 Å². The largest absolute Gasteiger partial charge is 0.243 e.